The molecule has 4 nitrogen and oxygen atoms in total. The second-order valence-electron chi connectivity index (χ2n) is 2.87. The number of ether oxygens (including phenoxy) is 2. The van der Waals surface area contributed by atoms with Crippen molar-refractivity contribution >= 4 is 6.29 Å². The Kier molecular flexibility index (Phi) is 2.07. The molecule has 0 saturated carbocycles. The summed E-state index contributed by atoms with van der Waals surface area (Å²) >= 11 is 0. The van der Waals surface area contributed by atoms with Crippen LogP contribution < -0.4 is 9.47 Å². The predicted octanol–water partition coefficient (Wildman–Crippen LogP) is 1.16. The van der Waals surface area contributed by atoms with Crippen molar-refractivity contribution in [1.82, 2.24) is 0 Å². The number of carbonyl (C=O) groups excluding carboxylic acids is 1. The van der Waals surface area contributed by atoms with Crippen LogP contribution >= 0.6 is 0 Å². The Balaban J connectivity index is 2.33. The molecule has 0 radical (unpaired) electrons. The van der Waals surface area contributed by atoms with E-state index in [2.05, 4.69) is 0 Å². The molecule has 0 spiro atoms. The molecule has 1 atom stereocenters. The second-order valence-corrected chi connectivity index (χ2v) is 2.87. The first kappa shape index (κ1) is 8.57. The maximum absolute atomic E-state index is 10.5. The van der Waals surface area contributed by atoms with Crippen LogP contribution in [0.4, 0.5) is 0 Å². The number of fused-ring (bicyclic) bond motifs is 1. The van der Waals surface area contributed by atoms with Gasteiger partial charge in [0.2, 0.25) is 6.10 Å². The molecule has 14 heavy (non-hydrogen) atoms. The minimum atomic E-state index is -0.565. The molecule has 1 aromatic carbocycles. The molecule has 2 rings (SSSR count). The highest BCUT2D eigenvalue weighted by molar-refractivity contribution is 5.76. The molecule has 0 aromatic heterocycles. The summed E-state index contributed by atoms with van der Waals surface area (Å²) in [6.07, 6.45) is 0.171. The van der Waals surface area contributed by atoms with Crippen molar-refractivity contribution in [1.29, 1.82) is 5.26 Å². The van der Waals surface area contributed by atoms with E-state index in [1.807, 2.05) is 6.07 Å². The second kappa shape index (κ2) is 3.38. The quantitative estimate of drug-likeness (QED) is 0.622. The molecule has 1 aromatic rings. The molecule has 0 bridgehead atoms. The van der Waals surface area contributed by atoms with E-state index in [0.717, 1.165) is 6.29 Å². The number of hydrogen-bond acceptors (Lipinski definition) is 4. The fraction of sp³-hybridized carbons (Fsp3) is 0.200. The molecule has 70 valence electrons. The molecule has 1 aliphatic rings. The Bertz CT molecular complexity index is 408. The molecule has 1 heterocycles. The normalized spacial score (nSPS) is 18.4. The first-order valence-corrected chi connectivity index (χ1v) is 4.12. The minimum absolute atomic E-state index is 0.200. The Morgan fingerprint density at radius 1 is 1.50 bits per heavy atom. The van der Waals surface area contributed by atoms with Gasteiger partial charge in [0, 0.05) is 5.56 Å². The monoisotopic (exact) mass is 189 g/mol. The van der Waals surface area contributed by atoms with Crippen LogP contribution in [0.3, 0.4) is 0 Å². The van der Waals surface area contributed by atoms with E-state index in [4.69, 9.17) is 14.7 Å². The van der Waals surface area contributed by atoms with Crippen LogP contribution in [0.2, 0.25) is 0 Å². The molecular weight excluding hydrogens is 182 g/mol. The lowest BCUT2D eigenvalue weighted by Gasteiger charge is -2.21. The third-order valence-electron chi connectivity index (χ3n) is 1.91. The van der Waals surface area contributed by atoms with Crippen LogP contribution in [0.25, 0.3) is 0 Å². The molecular formula is C10H7NO3. The number of carbonyl (C=O) groups is 1. The first-order chi connectivity index (χ1) is 6.83. The van der Waals surface area contributed by atoms with E-state index in [0.29, 0.717) is 17.1 Å². The van der Waals surface area contributed by atoms with Crippen molar-refractivity contribution < 1.29 is 14.3 Å². The fourth-order valence-electron chi connectivity index (χ4n) is 1.22. The maximum Gasteiger partial charge on any atom is 0.218 e. The number of rotatable bonds is 1. The van der Waals surface area contributed by atoms with Crippen LogP contribution in [0.15, 0.2) is 18.2 Å². The Morgan fingerprint density at radius 3 is 3.07 bits per heavy atom. The Labute approximate surface area is 80.7 Å². The lowest BCUT2D eigenvalue weighted by atomic mass is 10.2. The van der Waals surface area contributed by atoms with Gasteiger partial charge >= 0.3 is 0 Å². The first-order valence-electron chi connectivity index (χ1n) is 4.12. The third-order valence-corrected chi connectivity index (χ3v) is 1.91. The average molecular weight is 189 g/mol. The molecule has 0 aliphatic carbocycles. The van der Waals surface area contributed by atoms with Gasteiger partial charge in [-0.3, -0.25) is 4.79 Å². The van der Waals surface area contributed by atoms with Crippen LogP contribution in [0, 0.1) is 11.3 Å². The van der Waals surface area contributed by atoms with E-state index in [1.54, 1.807) is 18.2 Å². The number of benzene rings is 1. The van der Waals surface area contributed by atoms with Crippen molar-refractivity contribution in [3.63, 3.8) is 0 Å². The summed E-state index contributed by atoms with van der Waals surface area (Å²) in [6, 6.07) is 6.80. The summed E-state index contributed by atoms with van der Waals surface area (Å²) < 4.78 is 10.5. The van der Waals surface area contributed by atoms with Gasteiger partial charge in [-0.05, 0) is 18.2 Å². The van der Waals surface area contributed by atoms with Crippen LogP contribution in [0.5, 0.6) is 11.5 Å². The molecule has 0 N–H and O–H groups in total. The number of nitriles is 1. The standard InChI is InChI=1S/C10H7NO3/c11-4-8-6-13-10-3-7(5-12)1-2-9(10)14-8/h1-3,5,8H,6H2/t8-/m1/s1. The van der Waals surface area contributed by atoms with Crippen molar-refractivity contribution in [2.45, 2.75) is 6.10 Å². The highest BCUT2D eigenvalue weighted by atomic mass is 16.6. The van der Waals surface area contributed by atoms with Gasteiger partial charge in [-0.2, -0.15) is 5.26 Å². The SMILES string of the molecule is N#C[C@@H]1COc2cc(C=O)ccc2O1. The molecule has 0 saturated heterocycles. The van der Waals surface area contributed by atoms with Gasteiger partial charge in [0.1, 0.15) is 19.0 Å². The van der Waals surface area contributed by atoms with Gasteiger partial charge < -0.3 is 9.47 Å². The van der Waals surface area contributed by atoms with E-state index in [9.17, 15) is 4.79 Å². The van der Waals surface area contributed by atoms with Crippen molar-refractivity contribution in [3.8, 4) is 17.6 Å². The van der Waals surface area contributed by atoms with Crippen molar-refractivity contribution in [3.05, 3.63) is 23.8 Å². The molecule has 0 unspecified atom stereocenters. The maximum atomic E-state index is 10.5. The van der Waals surface area contributed by atoms with Crippen LogP contribution in [-0.4, -0.2) is 19.0 Å². The molecule has 0 fully saturated rings. The summed E-state index contributed by atoms with van der Waals surface area (Å²) in [6.45, 7) is 0.200. The van der Waals surface area contributed by atoms with Crippen LogP contribution in [0.1, 0.15) is 10.4 Å². The Hall–Kier alpha value is -2.02. The number of aldehydes is 1. The highest BCUT2D eigenvalue weighted by Gasteiger charge is 2.20. The van der Waals surface area contributed by atoms with E-state index in [-0.39, 0.29) is 6.61 Å². The smallest absolute Gasteiger partial charge is 0.218 e. The van der Waals surface area contributed by atoms with Gasteiger partial charge in [-0.25, -0.2) is 0 Å². The lowest BCUT2D eigenvalue weighted by Crippen LogP contribution is -2.27. The highest BCUT2D eigenvalue weighted by Crippen LogP contribution is 2.31. The summed E-state index contributed by atoms with van der Waals surface area (Å²) in [5.74, 6) is 1.02. The van der Waals surface area contributed by atoms with E-state index < -0.39 is 6.10 Å². The van der Waals surface area contributed by atoms with Gasteiger partial charge in [-0.15, -0.1) is 0 Å². The number of nitrogens with zero attached hydrogens (tertiary/aromatic N) is 1. The Morgan fingerprint density at radius 2 is 2.36 bits per heavy atom. The fourth-order valence-corrected chi connectivity index (χ4v) is 1.22. The number of hydrogen-bond donors (Lipinski definition) is 0. The largest absolute Gasteiger partial charge is 0.485 e. The van der Waals surface area contributed by atoms with E-state index in [1.165, 1.54) is 0 Å². The molecule has 4 heteroatoms. The van der Waals surface area contributed by atoms with Gasteiger partial charge in [0.15, 0.2) is 11.5 Å². The topological polar surface area (TPSA) is 59.3 Å². The van der Waals surface area contributed by atoms with Crippen molar-refractivity contribution in [2.75, 3.05) is 6.61 Å². The third kappa shape index (κ3) is 1.40. The summed E-state index contributed by atoms with van der Waals surface area (Å²) in [5, 5.41) is 8.61. The predicted molar refractivity (Wildman–Crippen MR) is 47.4 cm³/mol. The van der Waals surface area contributed by atoms with Gasteiger partial charge in [-0.1, -0.05) is 0 Å². The average Bonchev–Trinajstić information content (AvgIpc) is 2.27. The van der Waals surface area contributed by atoms with Crippen LogP contribution in [-0.2, 0) is 0 Å². The van der Waals surface area contributed by atoms with E-state index >= 15 is 0 Å². The van der Waals surface area contributed by atoms with Gasteiger partial charge in [0.25, 0.3) is 0 Å². The minimum Gasteiger partial charge on any atom is -0.485 e. The van der Waals surface area contributed by atoms with Gasteiger partial charge in [0.05, 0.1) is 0 Å². The lowest BCUT2D eigenvalue weighted by molar-refractivity contribution is 0.111. The summed E-state index contributed by atoms with van der Waals surface area (Å²) in [7, 11) is 0. The summed E-state index contributed by atoms with van der Waals surface area (Å²) in [5.41, 5.74) is 0.530. The molecule has 1 aliphatic heterocycles. The van der Waals surface area contributed by atoms with Crippen molar-refractivity contribution in [2.24, 2.45) is 0 Å². The molecule has 0 amide bonds. The summed E-state index contributed by atoms with van der Waals surface area (Å²) in [4.78, 5) is 10.5. The zero-order chi connectivity index (χ0) is 9.97. The zero-order valence-electron chi connectivity index (χ0n) is 7.27. The zero-order valence-corrected chi connectivity index (χ0v) is 7.27.